The zero-order valence-corrected chi connectivity index (χ0v) is 9.21. The van der Waals surface area contributed by atoms with E-state index >= 15 is 0 Å². The first-order valence-corrected chi connectivity index (χ1v) is 4.74. The van der Waals surface area contributed by atoms with Crippen molar-refractivity contribution >= 4 is 27.7 Å². The summed E-state index contributed by atoms with van der Waals surface area (Å²) in [6, 6.07) is 6.94. The van der Waals surface area contributed by atoms with Crippen molar-refractivity contribution in [1.29, 1.82) is 0 Å². The Hall–Kier alpha value is -1.36. The molecule has 2 amide bonds. The zero-order chi connectivity index (χ0) is 10.6. The first kappa shape index (κ1) is 10.7. The number of hydrazone groups is 1. The Bertz CT molecular complexity index is 376. The number of nitrogens with one attached hydrogen (secondary N) is 1. The van der Waals surface area contributed by atoms with Crippen molar-refractivity contribution < 1.29 is 4.79 Å². The number of rotatable bonds is 2. The molecule has 1 aromatic carbocycles. The van der Waals surface area contributed by atoms with Crippen molar-refractivity contribution in [3.8, 4) is 0 Å². The minimum atomic E-state index is -0.667. The average Bonchev–Trinajstić information content (AvgIpc) is 2.14. The Balaban J connectivity index is 2.83. The van der Waals surface area contributed by atoms with Gasteiger partial charge in [-0.1, -0.05) is 28.1 Å². The number of nitrogens with zero attached hydrogens (tertiary/aromatic N) is 1. The van der Waals surface area contributed by atoms with E-state index in [1.54, 1.807) is 6.92 Å². The third-order valence-electron chi connectivity index (χ3n) is 1.58. The predicted octanol–water partition coefficient (Wildman–Crippen LogP) is 1.84. The molecule has 0 saturated carbocycles. The van der Waals surface area contributed by atoms with Crippen LogP contribution in [0.1, 0.15) is 12.5 Å². The third-order valence-corrected chi connectivity index (χ3v) is 2.07. The number of carbonyl (C=O) groups excluding carboxylic acids is 1. The highest BCUT2D eigenvalue weighted by atomic mass is 79.9. The van der Waals surface area contributed by atoms with Gasteiger partial charge in [0.2, 0.25) is 0 Å². The second-order valence-corrected chi connectivity index (χ2v) is 3.60. The van der Waals surface area contributed by atoms with Gasteiger partial charge in [0.15, 0.2) is 0 Å². The summed E-state index contributed by atoms with van der Waals surface area (Å²) in [4.78, 5) is 10.4. The standard InChI is InChI=1S/C9H10BrN3O/c1-6(12-13-9(11)14)7-3-2-4-8(10)5-7/h2-5H,1H3,(H3,11,13,14)/b12-6+. The van der Waals surface area contributed by atoms with Gasteiger partial charge < -0.3 is 5.73 Å². The molecule has 0 atom stereocenters. The molecule has 5 heteroatoms. The highest BCUT2D eigenvalue weighted by molar-refractivity contribution is 9.10. The summed E-state index contributed by atoms with van der Waals surface area (Å²) in [5.74, 6) is 0. The first-order valence-electron chi connectivity index (χ1n) is 3.95. The van der Waals surface area contributed by atoms with E-state index in [-0.39, 0.29) is 0 Å². The maximum atomic E-state index is 10.4. The van der Waals surface area contributed by atoms with E-state index < -0.39 is 6.03 Å². The van der Waals surface area contributed by atoms with Gasteiger partial charge in [0.1, 0.15) is 0 Å². The number of primary amides is 1. The molecule has 0 aliphatic heterocycles. The van der Waals surface area contributed by atoms with Crippen molar-refractivity contribution in [3.05, 3.63) is 34.3 Å². The van der Waals surface area contributed by atoms with Crippen molar-refractivity contribution in [3.63, 3.8) is 0 Å². The fraction of sp³-hybridized carbons (Fsp3) is 0.111. The molecule has 1 rings (SSSR count). The number of hydrogen-bond acceptors (Lipinski definition) is 2. The quantitative estimate of drug-likeness (QED) is 0.615. The Morgan fingerprint density at radius 3 is 2.86 bits per heavy atom. The van der Waals surface area contributed by atoms with Gasteiger partial charge in [0, 0.05) is 4.47 Å². The third kappa shape index (κ3) is 3.18. The van der Waals surface area contributed by atoms with E-state index in [0.717, 1.165) is 10.0 Å². The largest absolute Gasteiger partial charge is 0.350 e. The number of hydrogen-bond donors (Lipinski definition) is 2. The number of halogens is 1. The molecular formula is C9H10BrN3O. The smallest absolute Gasteiger partial charge is 0.332 e. The van der Waals surface area contributed by atoms with Crippen molar-refractivity contribution in [2.24, 2.45) is 10.8 Å². The average molecular weight is 256 g/mol. The number of amides is 2. The lowest BCUT2D eigenvalue weighted by Crippen LogP contribution is -2.25. The minimum absolute atomic E-state index is 0.667. The molecule has 0 saturated heterocycles. The maximum Gasteiger partial charge on any atom is 0.332 e. The van der Waals surface area contributed by atoms with Crippen LogP contribution < -0.4 is 11.2 Å². The number of carbonyl (C=O) groups is 1. The first-order chi connectivity index (χ1) is 6.59. The van der Waals surface area contributed by atoms with E-state index in [9.17, 15) is 4.79 Å². The molecule has 74 valence electrons. The van der Waals surface area contributed by atoms with Crippen LogP contribution in [0.4, 0.5) is 4.79 Å². The minimum Gasteiger partial charge on any atom is -0.350 e. The Kier molecular flexibility index (Phi) is 3.64. The normalized spacial score (nSPS) is 11.1. The summed E-state index contributed by atoms with van der Waals surface area (Å²) in [7, 11) is 0. The molecule has 0 aliphatic rings. The summed E-state index contributed by atoms with van der Waals surface area (Å²) in [5, 5.41) is 3.81. The van der Waals surface area contributed by atoms with Gasteiger partial charge >= 0.3 is 6.03 Å². The summed E-state index contributed by atoms with van der Waals surface area (Å²) >= 11 is 3.34. The second-order valence-electron chi connectivity index (χ2n) is 2.68. The lowest BCUT2D eigenvalue weighted by molar-refractivity contribution is 0.249. The van der Waals surface area contributed by atoms with Crippen LogP contribution >= 0.6 is 15.9 Å². The molecule has 0 fully saturated rings. The van der Waals surface area contributed by atoms with E-state index in [1.165, 1.54) is 0 Å². The molecule has 0 spiro atoms. The van der Waals surface area contributed by atoms with Crippen molar-refractivity contribution in [2.75, 3.05) is 0 Å². The summed E-state index contributed by atoms with van der Waals surface area (Å²) in [6.45, 7) is 1.79. The molecule has 0 heterocycles. The molecule has 0 bridgehead atoms. The van der Waals surface area contributed by atoms with Gasteiger partial charge in [-0.2, -0.15) is 5.10 Å². The van der Waals surface area contributed by atoms with Crippen LogP contribution in [-0.4, -0.2) is 11.7 Å². The Labute approximate surface area is 90.3 Å². The molecule has 0 aromatic heterocycles. The zero-order valence-electron chi connectivity index (χ0n) is 7.62. The van der Waals surface area contributed by atoms with E-state index in [2.05, 4.69) is 26.5 Å². The second kappa shape index (κ2) is 4.76. The number of urea groups is 1. The summed E-state index contributed by atoms with van der Waals surface area (Å²) in [5.41, 5.74) is 8.68. The molecular weight excluding hydrogens is 246 g/mol. The van der Waals surface area contributed by atoms with Crippen LogP contribution in [0.5, 0.6) is 0 Å². The van der Waals surface area contributed by atoms with Crippen LogP contribution in [0, 0.1) is 0 Å². The van der Waals surface area contributed by atoms with E-state index in [4.69, 9.17) is 5.73 Å². The van der Waals surface area contributed by atoms with Gasteiger partial charge in [0.05, 0.1) is 5.71 Å². The predicted molar refractivity (Wildman–Crippen MR) is 59.1 cm³/mol. The molecule has 1 aromatic rings. The van der Waals surface area contributed by atoms with Crippen LogP contribution in [0.3, 0.4) is 0 Å². The number of nitrogens with two attached hydrogens (primary N) is 1. The molecule has 0 radical (unpaired) electrons. The number of benzene rings is 1. The summed E-state index contributed by atoms with van der Waals surface area (Å²) in [6.07, 6.45) is 0. The molecule has 0 aliphatic carbocycles. The van der Waals surface area contributed by atoms with Crippen LogP contribution in [-0.2, 0) is 0 Å². The van der Waals surface area contributed by atoms with Gasteiger partial charge in [-0.3, -0.25) is 0 Å². The van der Waals surface area contributed by atoms with Crippen molar-refractivity contribution in [2.45, 2.75) is 6.92 Å². The van der Waals surface area contributed by atoms with E-state index in [1.807, 2.05) is 24.3 Å². The van der Waals surface area contributed by atoms with Gasteiger partial charge in [0.25, 0.3) is 0 Å². The lowest BCUT2D eigenvalue weighted by Gasteiger charge is -2.00. The highest BCUT2D eigenvalue weighted by Crippen LogP contribution is 2.12. The monoisotopic (exact) mass is 255 g/mol. The van der Waals surface area contributed by atoms with E-state index in [0.29, 0.717) is 5.71 Å². The van der Waals surface area contributed by atoms with Crippen molar-refractivity contribution in [1.82, 2.24) is 5.43 Å². The fourth-order valence-electron chi connectivity index (χ4n) is 0.917. The molecule has 3 N–H and O–H groups in total. The van der Waals surface area contributed by atoms with Crippen LogP contribution in [0.2, 0.25) is 0 Å². The SMILES string of the molecule is C/C(=N\NC(N)=O)c1cccc(Br)c1. The lowest BCUT2D eigenvalue weighted by atomic mass is 10.1. The van der Waals surface area contributed by atoms with Gasteiger partial charge in [-0.15, -0.1) is 0 Å². The van der Waals surface area contributed by atoms with Gasteiger partial charge in [-0.05, 0) is 24.6 Å². The van der Waals surface area contributed by atoms with Crippen LogP contribution in [0.25, 0.3) is 0 Å². The Morgan fingerprint density at radius 1 is 1.57 bits per heavy atom. The molecule has 0 unspecified atom stereocenters. The summed E-state index contributed by atoms with van der Waals surface area (Å²) < 4.78 is 0.962. The molecule has 4 nitrogen and oxygen atoms in total. The topological polar surface area (TPSA) is 67.5 Å². The maximum absolute atomic E-state index is 10.4. The van der Waals surface area contributed by atoms with Gasteiger partial charge in [-0.25, -0.2) is 10.2 Å². The molecule has 14 heavy (non-hydrogen) atoms. The Morgan fingerprint density at radius 2 is 2.29 bits per heavy atom. The fourth-order valence-corrected chi connectivity index (χ4v) is 1.32. The highest BCUT2D eigenvalue weighted by Gasteiger charge is 1.98. The van der Waals surface area contributed by atoms with Crippen LogP contribution in [0.15, 0.2) is 33.8 Å².